The van der Waals surface area contributed by atoms with Gasteiger partial charge in [-0.05, 0) is 52.7 Å². The molecule has 0 heterocycles. The summed E-state index contributed by atoms with van der Waals surface area (Å²) >= 11 is 3.49. The van der Waals surface area contributed by atoms with E-state index in [0.717, 1.165) is 16.6 Å². The standard InChI is InChI=1S/C22H26BrNO3/c1-3-5-6-7-14-27-21-12-11-17(15-20(21)23)22(25)24-18-9-8-10-19(16-18)26-13-4-2/h4,8-12,15-16H,2-3,5-7,13-14H2,1H3,(H,24,25). The number of hydrogen-bond donors (Lipinski definition) is 1. The molecule has 0 atom stereocenters. The number of amides is 1. The highest BCUT2D eigenvalue weighted by Crippen LogP contribution is 2.27. The third-order valence-corrected chi connectivity index (χ3v) is 4.53. The molecular formula is C22H26BrNO3. The first-order chi connectivity index (χ1) is 13.1. The van der Waals surface area contributed by atoms with E-state index in [0.29, 0.717) is 30.2 Å². The maximum Gasteiger partial charge on any atom is 0.255 e. The summed E-state index contributed by atoms with van der Waals surface area (Å²) in [5, 5.41) is 2.88. The number of carbonyl (C=O) groups is 1. The lowest BCUT2D eigenvalue weighted by Gasteiger charge is -2.11. The number of unbranched alkanes of at least 4 members (excludes halogenated alkanes) is 3. The molecule has 0 aliphatic heterocycles. The minimum atomic E-state index is -0.189. The topological polar surface area (TPSA) is 47.6 Å². The van der Waals surface area contributed by atoms with Gasteiger partial charge in [-0.25, -0.2) is 0 Å². The molecule has 2 aromatic rings. The third kappa shape index (κ3) is 7.10. The monoisotopic (exact) mass is 431 g/mol. The third-order valence-electron chi connectivity index (χ3n) is 3.91. The molecule has 1 amide bonds. The maximum atomic E-state index is 12.5. The molecule has 0 aromatic heterocycles. The molecule has 0 saturated carbocycles. The molecule has 0 radical (unpaired) electrons. The largest absolute Gasteiger partial charge is 0.492 e. The van der Waals surface area contributed by atoms with E-state index < -0.39 is 0 Å². The van der Waals surface area contributed by atoms with Crippen LogP contribution in [0.4, 0.5) is 5.69 Å². The molecular weight excluding hydrogens is 406 g/mol. The van der Waals surface area contributed by atoms with Crippen molar-refractivity contribution in [1.82, 2.24) is 0 Å². The van der Waals surface area contributed by atoms with Gasteiger partial charge in [0.25, 0.3) is 5.91 Å². The van der Waals surface area contributed by atoms with Gasteiger partial charge < -0.3 is 14.8 Å². The Morgan fingerprint density at radius 3 is 2.74 bits per heavy atom. The van der Waals surface area contributed by atoms with E-state index in [4.69, 9.17) is 9.47 Å². The highest BCUT2D eigenvalue weighted by molar-refractivity contribution is 9.10. The fraction of sp³-hybridized carbons (Fsp3) is 0.318. The van der Waals surface area contributed by atoms with Gasteiger partial charge in [-0.2, -0.15) is 0 Å². The van der Waals surface area contributed by atoms with Gasteiger partial charge in [-0.1, -0.05) is 44.9 Å². The zero-order chi connectivity index (χ0) is 19.5. The van der Waals surface area contributed by atoms with E-state index in [1.165, 1.54) is 19.3 Å². The second-order valence-electron chi connectivity index (χ2n) is 6.14. The minimum Gasteiger partial charge on any atom is -0.492 e. The smallest absolute Gasteiger partial charge is 0.255 e. The van der Waals surface area contributed by atoms with E-state index >= 15 is 0 Å². The molecule has 4 nitrogen and oxygen atoms in total. The van der Waals surface area contributed by atoms with Crippen LogP contribution in [0.1, 0.15) is 43.0 Å². The van der Waals surface area contributed by atoms with E-state index in [1.807, 2.05) is 24.3 Å². The van der Waals surface area contributed by atoms with E-state index in [1.54, 1.807) is 24.3 Å². The van der Waals surface area contributed by atoms with Crippen molar-refractivity contribution >= 4 is 27.5 Å². The Morgan fingerprint density at radius 2 is 2.00 bits per heavy atom. The molecule has 0 bridgehead atoms. The lowest BCUT2D eigenvalue weighted by atomic mass is 10.2. The summed E-state index contributed by atoms with van der Waals surface area (Å²) in [5.74, 6) is 1.25. The van der Waals surface area contributed by atoms with Gasteiger partial charge >= 0.3 is 0 Å². The van der Waals surface area contributed by atoms with Crippen LogP contribution in [0.5, 0.6) is 11.5 Å². The number of ether oxygens (including phenoxy) is 2. The number of rotatable bonds is 11. The van der Waals surface area contributed by atoms with Crippen LogP contribution in [0.25, 0.3) is 0 Å². The molecule has 0 saturated heterocycles. The zero-order valence-corrected chi connectivity index (χ0v) is 17.3. The Labute approximate surface area is 169 Å². The van der Waals surface area contributed by atoms with Crippen molar-refractivity contribution in [1.29, 1.82) is 0 Å². The van der Waals surface area contributed by atoms with Crippen LogP contribution in [0.15, 0.2) is 59.6 Å². The number of hydrogen-bond acceptors (Lipinski definition) is 3. The first-order valence-corrected chi connectivity index (χ1v) is 10.0. The average Bonchev–Trinajstić information content (AvgIpc) is 2.67. The number of nitrogens with one attached hydrogen (secondary N) is 1. The molecule has 0 unspecified atom stereocenters. The molecule has 2 aromatic carbocycles. The van der Waals surface area contributed by atoms with Gasteiger partial charge in [0, 0.05) is 17.3 Å². The first-order valence-electron chi connectivity index (χ1n) is 9.21. The summed E-state index contributed by atoms with van der Waals surface area (Å²) in [7, 11) is 0. The van der Waals surface area contributed by atoms with E-state index in [2.05, 4.69) is 34.7 Å². The number of anilines is 1. The van der Waals surface area contributed by atoms with Gasteiger partial charge in [-0.3, -0.25) is 4.79 Å². The van der Waals surface area contributed by atoms with Crippen molar-refractivity contribution in [2.75, 3.05) is 18.5 Å². The normalized spacial score (nSPS) is 10.3. The molecule has 27 heavy (non-hydrogen) atoms. The minimum absolute atomic E-state index is 0.189. The van der Waals surface area contributed by atoms with Crippen molar-refractivity contribution in [2.24, 2.45) is 0 Å². The summed E-state index contributed by atoms with van der Waals surface area (Å²) in [6, 6.07) is 12.6. The maximum absolute atomic E-state index is 12.5. The molecule has 5 heteroatoms. The van der Waals surface area contributed by atoms with Crippen molar-refractivity contribution < 1.29 is 14.3 Å². The molecule has 0 fully saturated rings. The lowest BCUT2D eigenvalue weighted by molar-refractivity contribution is 0.102. The Kier molecular flexibility index (Phi) is 8.92. The van der Waals surface area contributed by atoms with E-state index in [9.17, 15) is 4.79 Å². The van der Waals surface area contributed by atoms with Gasteiger partial charge in [0.15, 0.2) is 0 Å². The predicted octanol–water partition coefficient (Wildman–Crippen LogP) is 6.23. The van der Waals surface area contributed by atoms with Gasteiger partial charge in [0.1, 0.15) is 18.1 Å². The molecule has 0 aliphatic rings. The molecule has 0 aliphatic carbocycles. The summed E-state index contributed by atoms with van der Waals surface area (Å²) in [6.07, 6.45) is 6.31. The van der Waals surface area contributed by atoms with Crippen LogP contribution in [0.3, 0.4) is 0 Å². The van der Waals surface area contributed by atoms with Crippen molar-refractivity contribution in [3.05, 3.63) is 65.2 Å². The number of halogens is 1. The Bertz CT molecular complexity index is 761. The molecule has 0 spiro atoms. The van der Waals surface area contributed by atoms with E-state index in [-0.39, 0.29) is 5.91 Å². The van der Waals surface area contributed by atoms with Crippen LogP contribution < -0.4 is 14.8 Å². The van der Waals surface area contributed by atoms with Gasteiger partial charge in [0.05, 0.1) is 11.1 Å². The summed E-state index contributed by atoms with van der Waals surface area (Å²) in [4.78, 5) is 12.5. The Balaban J connectivity index is 1.94. The Morgan fingerprint density at radius 1 is 1.15 bits per heavy atom. The summed E-state index contributed by atoms with van der Waals surface area (Å²) < 4.78 is 12.0. The fourth-order valence-corrected chi connectivity index (χ4v) is 2.99. The van der Waals surface area contributed by atoms with Crippen LogP contribution >= 0.6 is 15.9 Å². The lowest BCUT2D eigenvalue weighted by Crippen LogP contribution is -2.12. The van der Waals surface area contributed by atoms with Gasteiger partial charge in [-0.15, -0.1) is 0 Å². The fourth-order valence-electron chi connectivity index (χ4n) is 2.49. The van der Waals surface area contributed by atoms with Crippen LogP contribution in [-0.4, -0.2) is 19.1 Å². The second kappa shape index (κ2) is 11.4. The van der Waals surface area contributed by atoms with Crippen molar-refractivity contribution in [2.45, 2.75) is 32.6 Å². The predicted molar refractivity (Wildman–Crippen MR) is 114 cm³/mol. The van der Waals surface area contributed by atoms with Crippen molar-refractivity contribution in [3.8, 4) is 11.5 Å². The SMILES string of the molecule is C=CCOc1cccc(NC(=O)c2ccc(OCCCCCC)c(Br)c2)c1. The zero-order valence-electron chi connectivity index (χ0n) is 15.7. The molecule has 2 rings (SSSR count). The molecule has 1 N–H and O–H groups in total. The number of carbonyl (C=O) groups excluding carboxylic acids is 1. The first kappa shape index (κ1) is 21.0. The van der Waals surface area contributed by atoms with Gasteiger partial charge in [0.2, 0.25) is 0 Å². The summed E-state index contributed by atoms with van der Waals surface area (Å²) in [6.45, 7) is 6.91. The van der Waals surface area contributed by atoms with Crippen molar-refractivity contribution in [3.63, 3.8) is 0 Å². The average molecular weight is 432 g/mol. The highest BCUT2D eigenvalue weighted by atomic mass is 79.9. The number of benzene rings is 2. The Hall–Kier alpha value is -2.27. The van der Waals surface area contributed by atoms with Crippen LogP contribution in [0, 0.1) is 0 Å². The summed E-state index contributed by atoms with van der Waals surface area (Å²) in [5.41, 5.74) is 1.23. The highest BCUT2D eigenvalue weighted by Gasteiger charge is 2.10. The van der Waals surface area contributed by atoms with Crippen LogP contribution in [-0.2, 0) is 0 Å². The van der Waals surface area contributed by atoms with Crippen LogP contribution in [0.2, 0.25) is 0 Å². The second-order valence-corrected chi connectivity index (χ2v) is 6.99. The quantitative estimate of drug-likeness (QED) is 0.339. The molecule has 144 valence electrons.